The molecule has 1 saturated heterocycles. The smallest absolute Gasteiger partial charge is 0.270 e. The maximum Gasteiger partial charge on any atom is 0.270 e. The van der Waals surface area contributed by atoms with E-state index in [1.165, 1.54) is 22.7 Å². The summed E-state index contributed by atoms with van der Waals surface area (Å²) in [5.41, 5.74) is 0.439. The zero-order valence-electron chi connectivity index (χ0n) is 14.8. The molecule has 0 unspecified atom stereocenters. The van der Waals surface area contributed by atoms with Crippen LogP contribution in [0.4, 0.5) is 5.69 Å². The van der Waals surface area contributed by atoms with E-state index in [4.69, 9.17) is 28.2 Å². The molecule has 1 aromatic heterocycles. The molecule has 1 fully saturated rings. The zero-order chi connectivity index (χ0) is 20.4. The minimum atomic E-state index is -0.570. The first kappa shape index (κ1) is 19.4. The van der Waals surface area contributed by atoms with Gasteiger partial charge in [0.1, 0.15) is 11.3 Å². The van der Waals surface area contributed by atoms with Crippen LogP contribution in [-0.2, 0) is 9.59 Å². The zero-order valence-corrected chi connectivity index (χ0v) is 17.2. The third-order valence-corrected chi connectivity index (χ3v) is 5.50. The molecule has 0 bridgehead atoms. The summed E-state index contributed by atoms with van der Waals surface area (Å²) in [6.07, 6.45) is 1.41. The van der Waals surface area contributed by atoms with E-state index in [1.807, 2.05) is 30.3 Å². The third-order valence-electron chi connectivity index (χ3n) is 4.04. The average Bonchev–Trinajstić information content (AvgIpc) is 3.14. The van der Waals surface area contributed by atoms with E-state index in [-0.39, 0.29) is 10.7 Å². The molecule has 0 atom stereocenters. The fourth-order valence-electron chi connectivity index (χ4n) is 2.70. The van der Waals surface area contributed by atoms with E-state index in [2.05, 4.69) is 5.32 Å². The molecule has 2 amide bonds. The number of hydrogen-bond donors (Lipinski definition) is 1. The normalized spacial score (nSPS) is 15.7. The number of furan rings is 1. The molecule has 144 valence electrons. The first-order valence-electron chi connectivity index (χ1n) is 8.51. The predicted molar refractivity (Wildman–Crippen MR) is 117 cm³/mol. The Bertz CT molecular complexity index is 1120. The van der Waals surface area contributed by atoms with E-state index in [9.17, 15) is 9.59 Å². The molecule has 1 N–H and O–H groups in total. The monoisotopic (exact) mass is 440 g/mol. The maximum absolute atomic E-state index is 13.0. The summed E-state index contributed by atoms with van der Waals surface area (Å²) in [6.45, 7) is 0. The van der Waals surface area contributed by atoms with Crippen molar-refractivity contribution in [3.63, 3.8) is 0 Å². The minimum Gasteiger partial charge on any atom is -0.450 e. The first-order chi connectivity index (χ1) is 14.0. The molecule has 0 spiro atoms. The molecule has 4 rings (SSSR count). The molecule has 29 heavy (non-hydrogen) atoms. The lowest BCUT2D eigenvalue weighted by Crippen LogP contribution is -2.54. The summed E-state index contributed by atoms with van der Waals surface area (Å²) >= 11 is 12.5. The molecular weight excluding hydrogens is 428 g/mol. The molecule has 0 aliphatic carbocycles. The van der Waals surface area contributed by atoms with Crippen LogP contribution in [0, 0.1) is 0 Å². The fourth-order valence-corrected chi connectivity index (χ4v) is 3.90. The minimum absolute atomic E-state index is 0.0132. The number of hydrogen-bond acceptors (Lipinski definition) is 5. The van der Waals surface area contributed by atoms with Gasteiger partial charge in [-0.15, -0.1) is 0 Å². The summed E-state index contributed by atoms with van der Waals surface area (Å²) < 4.78 is 5.76. The second-order valence-electron chi connectivity index (χ2n) is 6.01. The lowest BCUT2D eigenvalue weighted by Gasteiger charge is -2.28. The van der Waals surface area contributed by atoms with Gasteiger partial charge in [0, 0.05) is 9.92 Å². The fraction of sp³-hybridized carbons (Fsp3) is 0. The highest BCUT2D eigenvalue weighted by atomic mass is 35.5. The number of carbonyl (C=O) groups is 2. The predicted octanol–water partition coefficient (Wildman–Crippen LogP) is 4.92. The standard InChI is InChI=1S/C21H13ClN2O3S2/c22-13-6-8-14(9-7-13)24-20(26)17(19(25)23-21(24)28)12-15-10-11-18(27-15)29-16-4-2-1-3-5-16/h1-12H,(H,23,25,28)/b17-12+. The first-order valence-corrected chi connectivity index (χ1v) is 10.1. The van der Waals surface area contributed by atoms with E-state index >= 15 is 0 Å². The summed E-state index contributed by atoms with van der Waals surface area (Å²) in [6, 6.07) is 19.8. The topological polar surface area (TPSA) is 62.6 Å². The molecular formula is C21H13ClN2O3S2. The molecule has 2 aromatic carbocycles. The molecule has 1 aliphatic rings. The van der Waals surface area contributed by atoms with Crippen LogP contribution in [0.1, 0.15) is 5.76 Å². The Morgan fingerprint density at radius 1 is 1.00 bits per heavy atom. The van der Waals surface area contributed by atoms with Crippen molar-refractivity contribution in [2.45, 2.75) is 9.99 Å². The largest absolute Gasteiger partial charge is 0.450 e. The van der Waals surface area contributed by atoms with E-state index < -0.39 is 11.8 Å². The van der Waals surface area contributed by atoms with Gasteiger partial charge in [0.15, 0.2) is 10.2 Å². The maximum atomic E-state index is 13.0. The van der Waals surface area contributed by atoms with Crippen molar-refractivity contribution in [1.29, 1.82) is 0 Å². The number of thiocarbonyl (C=S) groups is 1. The molecule has 0 saturated carbocycles. The third kappa shape index (κ3) is 4.27. The van der Waals surface area contributed by atoms with Gasteiger partial charge in [0.25, 0.3) is 11.8 Å². The number of rotatable bonds is 4. The highest BCUT2D eigenvalue weighted by molar-refractivity contribution is 7.99. The number of nitrogens with zero attached hydrogens (tertiary/aromatic N) is 1. The van der Waals surface area contributed by atoms with Gasteiger partial charge < -0.3 is 4.42 Å². The number of benzene rings is 2. The van der Waals surface area contributed by atoms with Crippen molar-refractivity contribution < 1.29 is 14.0 Å². The van der Waals surface area contributed by atoms with Crippen molar-refractivity contribution in [2.75, 3.05) is 4.90 Å². The Morgan fingerprint density at radius 2 is 1.72 bits per heavy atom. The Balaban J connectivity index is 1.60. The molecule has 0 radical (unpaired) electrons. The van der Waals surface area contributed by atoms with Gasteiger partial charge in [-0.2, -0.15) is 0 Å². The van der Waals surface area contributed by atoms with Gasteiger partial charge in [-0.25, -0.2) is 0 Å². The number of halogens is 1. The van der Waals surface area contributed by atoms with E-state index in [0.29, 0.717) is 21.6 Å². The molecule has 3 aromatic rings. The molecule has 2 heterocycles. The van der Waals surface area contributed by atoms with Crippen LogP contribution < -0.4 is 10.2 Å². The van der Waals surface area contributed by atoms with Gasteiger partial charge in [-0.3, -0.25) is 19.8 Å². The van der Waals surface area contributed by atoms with Gasteiger partial charge in [0.2, 0.25) is 0 Å². The van der Waals surface area contributed by atoms with E-state index in [1.54, 1.807) is 36.4 Å². The Labute approximate surface area is 181 Å². The van der Waals surface area contributed by atoms with Crippen LogP contribution >= 0.6 is 35.6 Å². The quantitative estimate of drug-likeness (QED) is 0.354. The molecule has 8 heteroatoms. The Hall–Kier alpha value is -2.87. The summed E-state index contributed by atoms with van der Waals surface area (Å²) in [4.78, 5) is 27.6. The van der Waals surface area contributed by atoms with E-state index in [0.717, 1.165) is 4.90 Å². The van der Waals surface area contributed by atoms with Crippen LogP contribution in [0.5, 0.6) is 0 Å². The van der Waals surface area contributed by atoms with Crippen LogP contribution in [0.25, 0.3) is 6.08 Å². The number of nitrogens with one attached hydrogen (secondary N) is 1. The number of carbonyl (C=O) groups excluding carboxylic acids is 2. The molecule has 5 nitrogen and oxygen atoms in total. The lowest BCUT2D eigenvalue weighted by atomic mass is 10.1. The molecule has 1 aliphatic heterocycles. The van der Waals surface area contributed by atoms with Crippen LogP contribution in [0.3, 0.4) is 0 Å². The van der Waals surface area contributed by atoms with Crippen LogP contribution in [-0.4, -0.2) is 16.9 Å². The SMILES string of the molecule is O=C1NC(=S)N(c2ccc(Cl)cc2)C(=O)/C1=C/c1ccc(Sc2ccccc2)o1. The highest BCUT2D eigenvalue weighted by Crippen LogP contribution is 2.30. The lowest BCUT2D eigenvalue weighted by molar-refractivity contribution is -0.122. The van der Waals surface area contributed by atoms with Gasteiger partial charge >= 0.3 is 0 Å². The van der Waals surface area contributed by atoms with Gasteiger partial charge in [0.05, 0.1) is 5.69 Å². The number of anilines is 1. The van der Waals surface area contributed by atoms with Gasteiger partial charge in [-0.1, -0.05) is 41.6 Å². The van der Waals surface area contributed by atoms with Crippen molar-refractivity contribution in [3.05, 3.63) is 83.1 Å². The highest BCUT2D eigenvalue weighted by Gasteiger charge is 2.34. The average molecular weight is 441 g/mol. The number of amides is 2. The Kier molecular flexibility index (Phi) is 5.53. The van der Waals surface area contributed by atoms with Crippen molar-refractivity contribution >= 4 is 64.3 Å². The van der Waals surface area contributed by atoms with Crippen LogP contribution in [0.15, 0.2) is 86.7 Å². The summed E-state index contributed by atoms with van der Waals surface area (Å²) in [5.74, 6) is -0.709. The van der Waals surface area contributed by atoms with Crippen molar-refractivity contribution in [2.24, 2.45) is 0 Å². The van der Waals surface area contributed by atoms with Crippen molar-refractivity contribution in [3.8, 4) is 0 Å². The second-order valence-corrected chi connectivity index (χ2v) is 7.91. The second kappa shape index (κ2) is 8.24. The summed E-state index contributed by atoms with van der Waals surface area (Å²) in [7, 11) is 0. The Morgan fingerprint density at radius 3 is 2.45 bits per heavy atom. The van der Waals surface area contributed by atoms with Gasteiger partial charge in [-0.05, 0) is 66.8 Å². The van der Waals surface area contributed by atoms with Crippen molar-refractivity contribution in [1.82, 2.24) is 5.32 Å². The van der Waals surface area contributed by atoms with Crippen LogP contribution in [0.2, 0.25) is 5.02 Å². The summed E-state index contributed by atoms with van der Waals surface area (Å²) in [5, 5.41) is 3.73.